The van der Waals surface area contributed by atoms with Crippen molar-refractivity contribution in [3.05, 3.63) is 36.5 Å². The molecule has 0 aromatic rings. The molecule has 2 atom stereocenters. The first-order chi connectivity index (χ1) is 28.8. The predicted octanol–water partition coefficient (Wildman–Crippen LogP) is 14.5. The van der Waals surface area contributed by atoms with E-state index in [0.29, 0.717) is 6.42 Å². The molecule has 0 amide bonds. The molecule has 3 N–H and O–H groups in total. The Balaban J connectivity index is 4.07. The Kier molecular flexibility index (Phi) is 44.4. The molecule has 10 heteroatoms. The first kappa shape index (κ1) is 57.2. The van der Waals surface area contributed by atoms with Crippen molar-refractivity contribution >= 4 is 19.8 Å². The van der Waals surface area contributed by atoms with Crippen LogP contribution < -0.4 is 5.73 Å². The number of esters is 2. The van der Waals surface area contributed by atoms with Gasteiger partial charge in [0.25, 0.3) is 0 Å². The highest BCUT2D eigenvalue weighted by atomic mass is 31.2. The van der Waals surface area contributed by atoms with Crippen molar-refractivity contribution < 1.29 is 37.6 Å². The van der Waals surface area contributed by atoms with Gasteiger partial charge in [0.2, 0.25) is 0 Å². The lowest BCUT2D eigenvalue weighted by atomic mass is 10.1. The van der Waals surface area contributed by atoms with E-state index in [9.17, 15) is 19.0 Å². The van der Waals surface area contributed by atoms with E-state index in [4.69, 9.17) is 24.3 Å². The Labute approximate surface area is 363 Å². The quantitative estimate of drug-likeness (QED) is 0.0265. The third kappa shape index (κ3) is 45.6. The fourth-order valence-corrected chi connectivity index (χ4v) is 7.60. The number of unbranched alkanes of at least 4 members (excludes halogenated alkanes) is 27. The Morgan fingerprint density at radius 1 is 0.508 bits per heavy atom. The van der Waals surface area contributed by atoms with Gasteiger partial charge < -0.3 is 20.1 Å². The molecule has 2 unspecified atom stereocenters. The molecule has 59 heavy (non-hydrogen) atoms. The second-order valence-electron chi connectivity index (χ2n) is 16.3. The molecule has 0 aromatic carbocycles. The minimum absolute atomic E-state index is 0.0527. The molecule has 0 rings (SSSR count). The molecule has 9 nitrogen and oxygen atoms in total. The zero-order chi connectivity index (χ0) is 43.2. The summed E-state index contributed by atoms with van der Waals surface area (Å²) in [6, 6.07) is 0. The van der Waals surface area contributed by atoms with Crippen LogP contribution >= 0.6 is 7.82 Å². The Hall–Kier alpha value is -1.77. The van der Waals surface area contributed by atoms with Crippen LogP contribution in [0.25, 0.3) is 0 Å². The summed E-state index contributed by atoms with van der Waals surface area (Å²) in [7, 11) is -4.38. The minimum Gasteiger partial charge on any atom is -0.462 e. The van der Waals surface area contributed by atoms with Crippen LogP contribution in [0.15, 0.2) is 36.5 Å². The molecular weight excluding hydrogens is 762 g/mol. The van der Waals surface area contributed by atoms with Gasteiger partial charge in [0, 0.05) is 19.4 Å². The normalized spacial score (nSPS) is 13.5. The van der Waals surface area contributed by atoms with Gasteiger partial charge in [0.15, 0.2) is 6.10 Å². The lowest BCUT2D eigenvalue weighted by Gasteiger charge is -2.19. The van der Waals surface area contributed by atoms with E-state index in [1.165, 1.54) is 154 Å². The summed E-state index contributed by atoms with van der Waals surface area (Å²) in [5.41, 5.74) is 5.36. The van der Waals surface area contributed by atoms with E-state index < -0.39 is 26.5 Å². The van der Waals surface area contributed by atoms with Crippen molar-refractivity contribution in [2.75, 3.05) is 26.4 Å². The molecule has 0 spiro atoms. The number of nitrogens with two attached hydrogens (primary N) is 1. The lowest BCUT2D eigenvalue weighted by molar-refractivity contribution is -0.161. The SMILES string of the molecule is CCCCCC=CCC=CCCCCCCCCCCCC(=O)OCC(COP(=O)(O)OCCN)OC(=O)CCCCCCCCCCCC=CCCCCCCCC. The fourth-order valence-electron chi connectivity index (χ4n) is 6.84. The second kappa shape index (κ2) is 45.7. The number of hydrogen-bond donors (Lipinski definition) is 2. The van der Waals surface area contributed by atoms with Crippen molar-refractivity contribution in [2.24, 2.45) is 5.73 Å². The first-order valence-corrected chi connectivity index (χ1v) is 26.0. The Morgan fingerprint density at radius 3 is 1.34 bits per heavy atom. The third-order valence-corrected chi connectivity index (χ3v) is 11.5. The molecule has 0 heterocycles. The zero-order valence-corrected chi connectivity index (χ0v) is 39.1. The van der Waals surface area contributed by atoms with Crippen molar-refractivity contribution in [1.82, 2.24) is 0 Å². The summed E-state index contributed by atoms with van der Waals surface area (Å²) < 4.78 is 32.9. The maximum absolute atomic E-state index is 12.6. The summed E-state index contributed by atoms with van der Waals surface area (Å²) in [6.45, 7) is 3.73. The number of ether oxygens (including phenoxy) is 2. The largest absolute Gasteiger partial charge is 0.472 e. The van der Waals surface area contributed by atoms with Gasteiger partial charge in [-0.3, -0.25) is 18.6 Å². The first-order valence-electron chi connectivity index (χ1n) is 24.5. The molecule has 0 aliphatic heterocycles. The number of allylic oxidation sites excluding steroid dienone is 6. The van der Waals surface area contributed by atoms with Crippen molar-refractivity contribution in [3.8, 4) is 0 Å². The number of rotatable bonds is 46. The van der Waals surface area contributed by atoms with Crippen molar-refractivity contribution in [3.63, 3.8) is 0 Å². The maximum Gasteiger partial charge on any atom is 0.472 e. The molecular formula is C49H92NO8P. The van der Waals surface area contributed by atoms with Gasteiger partial charge in [-0.15, -0.1) is 0 Å². The summed E-state index contributed by atoms with van der Waals surface area (Å²) in [6.07, 6.45) is 51.7. The Bertz CT molecular complexity index is 1060. The van der Waals surface area contributed by atoms with Gasteiger partial charge >= 0.3 is 19.8 Å². The van der Waals surface area contributed by atoms with Crippen LogP contribution in [0.1, 0.15) is 232 Å². The highest BCUT2D eigenvalue weighted by Crippen LogP contribution is 2.43. The summed E-state index contributed by atoms with van der Waals surface area (Å²) in [5, 5.41) is 0. The van der Waals surface area contributed by atoms with Crippen LogP contribution in [-0.2, 0) is 32.7 Å². The number of carbonyl (C=O) groups is 2. The second-order valence-corrected chi connectivity index (χ2v) is 17.8. The van der Waals surface area contributed by atoms with Gasteiger partial charge in [-0.25, -0.2) is 4.57 Å². The number of hydrogen-bond acceptors (Lipinski definition) is 8. The molecule has 0 fully saturated rings. The maximum atomic E-state index is 12.6. The van der Waals surface area contributed by atoms with E-state index in [-0.39, 0.29) is 38.6 Å². The third-order valence-electron chi connectivity index (χ3n) is 10.5. The molecule has 346 valence electrons. The lowest BCUT2D eigenvalue weighted by Crippen LogP contribution is -2.29. The van der Waals surface area contributed by atoms with E-state index >= 15 is 0 Å². The van der Waals surface area contributed by atoms with Gasteiger partial charge in [0.1, 0.15) is 6.61 Å². The van der Waals surface area contributed by atoms with Crippen molar-refractivity contribution in [2.45, 2.75) is 238 Å². The van der Waals surface area contributed by atoms with Gasteiger partial charge in [0.05, 0.1) is 13.2 Å². The zero-order valence-electron chi connectivity index (χ0n) is 38.2. The summed E-state index contributed by atoms with van der Waals surface area (Å²) >= 11 is 0. The van der Waals surface area contributed by atoms with Crippen molar-refractivity contribution in [1.29, 1.82) is 0 Å². The standard InChI is InChI=1S/C49H92NO8P/c1-3-5-7-9-11-13-15-17-19-21-23-25-27-29-31-33-35-37-39-41-48(51)55-45-47(46-57-59(53,54)56-44-43-50)58-49(52)42-40-38-36-34-32-30-28-26-24-22-20-18-16-14-12-10-8-6-4-2/h11,13,17-20,47H,3-10,12,14-16,21-46,50H2,1-2H3,(H,53,54). The van der Waals surface area contributed by atoms with E-state index in [0.717, 1.165) is 44.9 Å². The molecule has 0 radical (unpaired) electrons. The average Bonchev–Trinajstić information content (AvgIpc) is 3.22. The highest BCUT2D eigenvalue weighted by Gasteiger charge is 2.26. The number of phosphoric ester groups is 1. The summed E-state index contributed by atoms with van der Waals surface area (Å²) in [4.78, 5) is 35.0. The van der Waals surface area contributed by atoms with Gasteiger partial charge in [-0.2, -0.15) is 0 Å². The molecule has 0 bridgehead atoms. The average molecular weight is 854 g/mol. The van der Waals surface area contributed by atoms with Crippen LogP contribution in [0.2, 0.25) is 0 Å². The molecule has 0 saturated carbocycles. The smallest absolute Gasteiger partial charge is 0.462 e. The number of phosphoric acid groups is 1. The fraction of sp³-hybridized carbons (Fsp3) is 0.837. The Morgan fingerprint density at radius 2 is 0.881 bits per heavy atom. The van der Waals surface area contributed by atoms with Crippen LogP contribution in [0.3, 0.4) is 0 Å². The molecule has 0 aliphatic rings. The van der Waals surface area contributed by atoms with E-state index in [2.05, 4.69) is 50.3 Å². The molecule has 0 saturated heterocycles. The van der Waals surface area contributed by atoms with E-state index in [1.54, 1.807) is 0 Å². The molecule has 0 aromatic heterocycles. The minimum atomic E-state index is -4.38. The predicted molar refractivity (Wildman–Crippen MR) is 247 cm³/mol. The van der Waals surface area contributed by atoms with Crippen LogP contribution in [0, 0.1) is 0 Å². The monoisotopic (exact) mass is 854 g/mol. The van der Waals surface area contributed by atoms with Crippen LogP contribution in [0.5, 0.6) is 0 Å². The highest BCUT2D eigenvalue weighted by molar-refractivity contribution is 7.47. The van der Waals surface area contributed by atoms with E-state index in [1.807, 2.05) is 0 Å². The van der Waals surface area contributed by atoms with Gasteiger partial charge in [-0.05, 0) is 70.6 Å². The molecule has 0 aliphatic carbocycles. The van der Waals surface area contributed by atoms with Gasteiger partial charge in [-0.1, -0.05) is 185 Å². The van der Waals surface area contributed by atoms with Crippen LogP contribution in [-0.4, -0.2) is 49.3 Å². The van der Waals surface area contributed by atoms with Crippen LogP contribution in [0.4, 0.5) is 0 Å². The topological polar surface area (TPSA) is 134 Å². The number of carbonyl (C=O) groups excluding carboxylic acids is 2. The summed E-state index contributed by atoms with van der Waals surface area (Å²) in [5.74, 6) is -0.829.